The summed E-state index contributed by atoms with van der Waals surface area (Å²) in [5, 5.41) is 9.51. The van der Waals surface area contributed by atoms with Gasteiger partial charge in [-0.3, -0.25) is 9.36 Å². The molecule has 0 fully saturated rings. The van der Waals surface area contributed by atoms with E-state index in [4.69, 9.17) is 9.40 Å². The van der Waals surface area contributed by atoms with Crippen LogP contribution in [-0.4, -0.2) is 19.7 Å². The minimum atomic E-state index is -0.0625. The molecule has 0 saturated heterocycles. The van der Waals surface area contributed by atoms with Crippen molar-refractivity contribution in [3.05, 3.63) is 107 Å². The molecule has 0 N–H and O–H groups in total. The third-order valence-electron chi connectivity index (χ3n) is 4.82. The van der Waals surface area contributed by atoms with Crippen molar-refractivity contribution in [3.8, 4) is 11.5 Å². The second-order valence-corrected chi connectivity index (χ2v) is 7.89. The van der Waals surface area contributed by atoms with Crippen molar-refractivity contribution in [2.75, 3.05) is 0 Å². The standard InChI is InChI=1S/C24H18N4O2S/c29-23-19-13-7-8-14-20(19)25-24(28(23)15-17-9-3-1-4-10-17)31-16-21-26-27-22(30-21)18-11-5-2-6-12-18/h1-14H,15-16H2. The predicted octanol–water partition coefficient (Wildman–Crippen LogP) is 4.79. The van der Waals surface area contributed by atoms with E-state index in [1.165, 1.54) is 11.8 Å². The van der Waals surface area contributed by atoms with E-state index in [2.05, 4.69) is 10.2 Å². The van der Waals surface area contributed by atoms with Crippen LogP contribution in [0.3, 0.4) is 0 Å². The van der Waals surface area contributed by atoms with Crippen LogP contribution in [-0.2, 0) is 12.3 Å². The Morgan fingerprint density at radius 3 is 2.35 bits per heavy atom. The molecule has 0 aliphatic heterocycles. The molecule has 2 heterocycles. The third-order valence-corrected chi connectivity index (χ3v) is 5.78. The maximum atomic E-state index is 13.2. The van der Waals surface area contributed by atoms with Crippen molar-refractivity contribution in [2.24, 2.45) is 0 Å². The van der Waals surface area contributed by atoms with Crippen LogP contribution in [0.5, 0.6) is 0 Å². The molecule has 0 bridgehead atoms. The van der Waals surface area contributed by atoms with E-state index in [0.29, 0.717) is 40.1 Å². The molecule has 0 aliphatic carbocycles. The van der Waals surface area contributed by atoms with Gasteiger partial charge in [0.15, 0.2) is 5.16 Å². The number of aromatic nitrogens is 4. The van der Waals surface area contributed by atoms with E-state index in [1.54, 1.807) is 4.57 Å². The summed E-state index contributed by atoms with van der Waals surface area (Å²) in [5.41, 5.74) is 2.52. The Morgan fingerprint density at radius 1 is 0.839 bits per heavy atom. The lowest BCUT2D eigenvalue weighted by Crippen LogP contribution is -2.24. The first-order valence-corrected chi connectivity index (χ1v) is 10.8. The molecule has 2 aromatic heterocycles. The van der Waals surface area contributed by atoms with Crippen LogP contribution in [0.1, 0.15) is 11.5 Å². The average molecular weight is 427 g/mol. The number of hydrogen-bond donors (Lipinski definition) is 0. The first-order chi connectivity index (χ1) is 15.3. The normalized spacial score (nSPS) is 11.1. The van der Waals surface area contributed by atoms with Gasteiger partial charge < -0.3 is 4.42 Å². The average Bonchev–Trinajstić information content (AvgIpc) is 3.30. The van der Waals surface area contributed by atoms with E-state index in [1.807, 2.05) is 84.9 Å². The van der Waals surface area contributed by atoms with Gasteiger partial charge in [-0.2, -0.15) is 0 Å². The van der Waals surface area contributed by atoms with Gasteiger partial charge in [-0.15, -0.1) is 10.2 Å². The van der Waals surface area contributed by atoms with Crippen LogP contribution < -0.4 is 5.56 Å². The van der Waals surface area contributed by atoms with Gasteiger partial charge >= 0.3 is 0 Å². The zero-order valence-electron chi connectivity index (χ0n) is 16.5. The van der Waals surface area contributed by atoms with Crippen LogP contribution in [0.15, 0.2) is 99.3 Å². The van der Waals surface area contributed by atoms with E-state index >= 15 is 0 Å². The highest BCUT2D eigenvalue weighted by Crippen LogP contribution is 2.24. The number of benzene rings is 3. The van der Waals surface area contributed by atoms with Crippen molar-refractivity contribution in [1.82, 2.24) is 19.7 Å². The molecule has 0 aliphatic rings. The first kappa shape index (κ1) is 19.3. The topological polar surface area (TPSA) is 73.8 Å². The van der Waals surface area contributed by atoms with E-state index in [0.717, 1.165) is 11.1 Å². The van der Waals surface area contributed by atoms with Gasteiger partial charge in [0.1, 0.15) is 0 Å². The molecule has 0 saturated carbocycles. The summed E-state index contributed by atoms with van der Waals surface area (Å²) in [4.78, 5) is 18.0. The van der Waals surface area contributed by atoms with Crippen LogP contribution in [0.2, 0.25) is 0 Å². The monoisotopic (exact) mass is 426 g/mol. The number of hydrogen-bond acceptors (Lipinski definition) is 6. The molecule has 0 spiro atoms. The SMILES string of the molecule is O=c1c2ccccc2nc(SCc2nnc(-c3ccccc3)o2)n1Cc1ccccc1. The van der Waals surface area contributed by atoms with E-state index in [9.17, 15) is 4.79 Å². The molecule has 5 rings (SSSR count). The predicted molar refractivity (Wildman–Crippen MR) is 121 cm³/mol. The zero-order valence-corrected chi connectivity index (χ0v) is 17.3. The van der Waals surface area contributed by atoms with Crippen molar-refractivity contribution in [1.29, 1.82) is 0 Å². The minimum absolute atomic E-state index is 0.0625. The van der Waals surface area contributed by atoms with Gasteiger partial charge in [0.25, 0.3) is 5.56 Å². The molecule has 0 unspecified atom stereocenters. The molecule has 5 aromatic rings. The maximum absolute atomic E-state index is 13.2. The smallest absolute Gasteiger partial charge is 0.262 e. The minimum Gasteiger partial charge on any atom is -0.420 e. The van der Waals surface area contributed by atoms with Crippen molar-refractivity contribution < 1.29 is 4.42 Å². The molecule has 7 heteroatoms. The third kappa shape index (κ3) is 4.13. The summed E-state index contributed by atoms with van der Waals surface area (Å²) >= 11 is 1.41. The Balaban J connectivity index is 1.47. The molecule has 0 atom stereocenters. The van der Waals surface area contributed by atoms with Crippen LogP contribution in [0.4, 0.5) is 0 Å². The summed E-state index contributed by atoms with van der Waals surface area (Å²) in [6, 6.07) is 26.9. The lowest BCUT2D eigenvalue weighted by molar-refractivity contribution is 0.528. The van der Waals surface area contributed by atoms with Crippen LogP contribution >= 0.6 is 11.8 Å². The fourth-order valence-corrected chi connectivity index (χ4v) is 4.13. The second-order valence-electron chi connectivity index (χ2n) is 6.94. The highest BCUT2D eigenvalue weighted by atomic mass is 32.2. The Bertz CT molecular complexity index is 1380. The molecule has 0 amide bonds. The quantitative estimate of drug-likeness (QED) is 0.287. The summed E-state index contributed by atoms with van der Waals surface area (Å²) in [6.07, 6.45) is 0. The summed E-state index contributed by atoms with van der Waals surface area (Å²) in [5.74, 6) is 1.38. The summed E-state index contributed by atoms with van der Waals surface area (Å²) in [6.45, 7) is 0.443. The Hall–Kier alpha value is -3.71. The number of para-hydroxylation sites is 1. The number of thioether (sulfide) groups is 1. The Labute approximate surface area is 182 Å². The van der Waals surface area contributed by atoms with Crippen LogP contribution in [0, 0.1) is 0 Å². The van der Waals surface area contributed by atoms with Crippen molar-refractivity contribution >= 4 is 22.7 Å². The summed E-state index contributed by atoms with van der Waals surface area (Å²) < 4.78 is 7.51. The fourth-order valence-electron chi connectivity index (χ4n) is 3.30. The van der Waals surface area contributed by atoms with E-state index in [-0.39, 0.29) is 5.56 Å². The first-order valence-electron chi connectivity index (χ1n) is 9.82. The van der Waals surface area contributed by atoms with Gasteiger partial charge in [-0.05, 0) is 29.8 Å². The van der Waals surface area contributed by atoms with Crippen molar-refractivity contribution in [3.63, 3.8) is 0 Å². The summed E-state index contributed by atoms with van der Waals surface area (Å²) in [7, 11) is 0. The fraction of sp³-hybridized carbons (Fsp3) is 0.0833. The molecular formula is C24H18N4O2S. The highest BCUT2D eigenvalue weighted by molar-refractivity contribution is 7.98. The Kier molecular flexibility index (Phi) is 5.33. The number of fused-ring (bicyclic) bond motifs is 1. The molecular weight excluding hydrogens is 408 g/mol. The number of rotatable bonds is 6. The van der Waals surface area contributed by atoms with Gasteiger partial charge in [-0.25, -0.2) is 4.98 Å². The van der Waals surface area contributed by atoms with Gasteiger partial charge in [0, 0.05) is 5.56 Å². The molecule has 3 aromatic carbocycles. The molecule has 0 radical (unpaired) electrons. The van der Waals surface area contributed by atoms with E-state index < -0.39 is 0 Å². The largest absolute Gasteiger partial charge is 0.420 e. The highest BCUT2D eigenvalue weighted by Gasteiger charge is 2.14. The lowest BCUT2D eigenvalue weighted by atomic mass is 10.2. The molecule has 6 nitrogen and oxygen atoms in total. The lowest BCUT2D eigenvalue weighted by Gasteiger charge is -2.12. The number of nitrogens with zero attached hydrogens (tertiary/aromatic N) is 4. The molecule has 31 heavy (non-hydrogen) atoms. The van der Waals surface area contributed by atoms with Gasteiger partial charge in [-0.1, -0.05) is 72.4 Å². The maximum Gasteiger partial charge on any atom is 0.262 e. The zero-order chi connectivity index (χ0) is 21.0. The van der Waals surface area contributed by atoms with Crippen LogP contribution in [0.25, 0.3) is 22.4 Å². The van der Waals surface area contributed by atoms with Crippen molar-refractivity contribution in [2.45, 2.75) is 17.5 Å². The van der Waals surface area contributed by atoms with Gasteiger partial charge in [0.05, 0.1) is 23.2 Å². The second kappa shape index (κ2) is 8.57. The molecule has 152 valence electrons. The Morgan fingerprint density at radius 2 is 1.55 bits per heavy atom. The van der Waals surface area contributed by atoms with Gasteiger partial charge in [0.2, 0.25) is 11.8 Å².